The van der Waals surface area contributed by atoms with Crippen molar-refractivity contribution in [2.24, 2.45) is 29.6 Å². The molecule has 21 heteroatoms. The zero-order chi connectivity index (χ0) is 60.7. The number of methoxy groups -OCH3 is 3. The van der Waals surface area contributed by atoms with E-state index in [0.717, 1.165) is 25.0 Å². The number of aromatic nitrogens is 1. The molecule has 1 aromatic rings. The van der Waals surface area contributed by atoms with Gasteiger partial charge in [0.05, 0.1) is 37.1 Å². The van der Waals surface area contributed by atoms with Crippen LogP contribution in [0.5, 0.6) is 11.8 Å². The Labute approximate surface area is 484 Å². The molecule has 3 aliphatic heterocycles. The fraction of sp³-hybridized carbons (Fsp3) is 0.783. The number of nitrogens with zero attached hydrogens (tertiary/aromatic N) is 2. The van der Waals surface area contributed by atoms with Crippen LogP contribution in [0.2, 0.25) is 36.3 Å². The van der Waals surface area contributed by atoms with E-state index in [1.165, 1.54) is 19.1 Å². The van der Waals surface area contributed by atoms with Crippen LogP contribution in [0, 0.1) is 29.6 Å². The van der Waals surface area contributed by atoms with E-state index in [4.69, 9.17) is 42.1 Å². The third-order valence-corrected chi connectivity index (χ3v) is 27.5. The maximum atomic E-state index is 15.3. The Morgan fingerprint density at radius 2 is 1.36 bits per heavy atom. The zero-order valence-corrected chi connectivity index (χ0v) is 54.0. The number of aliphatic hydroxyl groups is 1. The summed E-state index contributed by atoms with van der Waals surface area (Å²) in [6.45, 7) is 30.8. The van der Waals surface area contributed by atoms with E-state index in [-0.39, 0.29) is 84.7 Å². The summed E-state index contributed by atoms with van der Waals surface area (Å²) in [4.78, 5) is 79.2. The van der Waals surface area contributed by atoms with Crippen molar-refractivity contribution in [3.05, 3.63) is 35.4 Å². The van der Waals surface area contributed by atoms with E-state index in [1.54, 1.807) is 14.0 Å². The van der Waals surface area contributed by atoms with E-state index in [0.29, 0.717) is 48.0 Å². The molecule has 2 bridgehead atoms. The van der Waals surface area contributed by atoms with Crippen LogP contribution >= 0.6 is 0 Å². The molecule has 3 fully saturated rings. The minimum Gasteiger partial charge on any atom is -0.492 e. The molecule has 5 rings (SSSR count). The molecular weight excluding hydrogens is 1080 g/mol. The number of ketones is 2. The average molecular weight is 1180 g/mol. The monoisotopic (exact) mass is 1180 g/mol. The topological polar surface area (TPSA) is 237 Å². The van der Waals surface area contributed by atoms with Gasteiger partial charge in [-0.15, -0.1) is 4.73 Å². The van der Waals surface area contributed by atoms with Crippen molar-refractivity contribution in [1.82, 2.24) is 9.63 Å². The highest BCUT2D eigenvalue weighted by molar-refractivity contribution is 6.74. The van der Waals surface area contributed by atoms with Crippen molar-refractivity contribution in [3.63, 3.8) is 0 Å². The van der Waals surface area contributed by atoms with Crippen molar-refractivity contribution in [2.45, 2.75) is 238 Å². The van der Waals surface area contributed by atoms with Crippen LogP contribution in [-0.4, -0.2) is 160 Å². The second kappa shape index (κ2) is 27.8. The van der Waals surface area contributed by atoms with Gasteiger partial charge in [-0.3, -0.25) is 19.2 Å². The van der Waals surface area contributed by atoms with Crippen LogP contribution < -0.4 is 4.84 Å². The number of rotatable bonds is 13. The van der Waals surface area contributed by atoms with Gasteiger partial charge in [0.1, 0.15) is 18.2 Å². The number of carbonyl (C=O) groups is 5. The predicted octanol–water partition coefficient (Wildman–Crippen LogP) is 9.99. The van der Waals surface area contributed by atoms with E-state index >= 15 is 9.59 Å². The van der Waals surface area contributed by atoms with E-state index < -0.39 is 106 Å². The molecule has 1 amide bonds. The molecule has 4 heterocycles. The second-order valence-electron chi connectivity index (χ2n) is 26.8. The molecule has 3 N–H and O–H groups in total. The average Bonchev–Trinajstić information content (AvgIpc) is 3.75. The number of amides is 1. The lowest BCUT2D eigenvalue weighted by atomic mass is 9.81. The maximum absolute atomic E-state index is 15.3. The van der Waals surface area contributed by atoms with Crippen molar-refractivity contribution in [3.8, 4) is 11.8 Å². The van der Waals surface area contributed by atoms with Gasteiger partial charge >= 0.3 is 12.1 Å². The van der Waals surface area contributed by atoms with Crippen LogP contribution in [-0.2, 0) is 56.5 Å². The first-order valence-corrected chi connectivity index (χ1v) is 35.2. The molecule has 8 unspecified atom stereocenters. The Bertz CT molecular complexity index is 2370. The molecule has 460 valence electrons. The standard InChI is InChI=1S/C60H100N2O17Si2/c1-36-29-37(2)31-48(72-13)53-49(73-14)33-39(4)60(70,76-53)54(66)55(67)61-27-20-19-21-43(61)56(68)75-52(38(3)32-41-22-23-45(47(34-41)71-12)78-80(15,16)58(6,7)8)40(5)46(79-81(17,18)59(9,10)11)35-44(63)42(30-36)26-28-74-57(69)77-62-50(64)24-25-51(62)65/h24-25,30,32,36-37,39-41,43,45-49,52-53,64-65,70H,19-23,26-29,31,33-35H2,1-18H3/t36?,37-,39?,40+,41?,43?,45?,46-,47?,48-,49-,52?,53+,60?/m0/s1. The molecule has 81 heavy (non-hydrogen) atoms. The van der Waals surface area contributed by atoms with Gasteiger partial charge in [0.15, 0.2) is 22.4 Å². The summed E-state index contributed by atoms with van der Waals surface area (Å²) >= 11 is 0. The van der Waals surface area contributed by atoms with Gasteiger partial charge in [-0.05, 0) is 130 Å². The minimum atomic E-state index is -2.74. The predicted molar refractivity (Wildman–Crippen MR) is 310 cm³/mol. The minimum absolute atomic E-state index is 0.00275. The van der Waals surface area contributed by atoms with Gasteiger partial charge in [0, 0.05) is 64.7 Å². The molecule has 0 spiro atoms. The van der Waals surface area contributed by atoms with Crippen molar-refractivity contribution in [1.29, 1.82) is 0 Å². The third kappa shape index (κ3) is 16.7. The highest BCUT2D eigenvalue weighted by atomic mass is 28.4. The molecule has 1 aromatic heterocycles. The number of hydrogen-bond donors (Lipinski definition) is 3. The lowest BCUT2D eigenvalue weighted by Crippen LogP contribution is -2.64. The summed E-state index contributed by atoms with van der Waals surface area (Å²) in [5, 5.41) is 32.3. The van der Waals surface area contributed by atoms with Gasteiger partial charge in [0.2, 0.25) is 17.5 Å². The SMILES string of the molecule is COC1CC(C=C(C)C2OC(=O)C3CCCCN3C(=O)C(=O)C3(O)O[C@@H]([C@@H](OC)CC3C)[C@@H](OC)C[C@@H](C)CC(C)C=C(CCOC(=O)On3c(O)ccc3O)C(=O)C[C@H](O[Si](C)(C)C(C)(C)C)[C@H]2C)CCC1O[Si](C)(C)C(C)(C)C. The Morgan fingerprint density at radius 3 is 1.94 bits per heavy atom. The van der Waals surface area contributed by atoms with Crippen molar-refractivity contribution in [2.75, 3.05) is 34.5 Å². The fourth-order valence-electron chi connectivity index (χ4n) is 11.5. The molecule has 0 aromatic carbocycles. The van der Waals surface area contributed by atoms with E-state index in [2.05, 4.69) is 73.8 Å². The van der Waals surface area contributed by atoms with Crippen LogP contribution in [0.25, 0.3) is 0 Å². The van der Waals surface area contributed by atoms with Gasteiger partial charge < -0.3 is 57.5 Å². The number of Topliss-reactive ketones (excluding diaryl/α,β-unsaturated/α-hetero) is 2. The number of carbonyl (C=O) groups excluding carboxylic acids is 5. The van der Waals surface area contributed by atoms with Crippen LogP contribution in [0.4, 0.5) is 4.79 Å². The number of cyclic esters (lactones) is 1. The largest absolute Gasteiger partial charge is 0.533 e. The summed E-state index contributed by atoms with van der Waals surface area (Å²) in [6, 6.07) is 1.08. The zero-order valence-electron chi connectivity index (χ0n) is 52.0. The maximum Gasteiger partial charge on any atom is 0.533 e. The smallest absolute Gasteiger partial charge is 0.492 e. The highest BCUT2D eigenvalue weighted by Crippen LogP contribution is 2.44. The normalized spacial score (nSPS) is 32.5. The molecule has 14 atom stereocenters. The van der Waals surface area contributed by atoms with Gasteiger partial charge in [-0.2, -0.15) is 0 Å². The van der Waals surface area contributed by atoms with Crippen LogP contribution in [0.1, 0.15) is 147 Å². The molecule has 4 aliphatic rings. The molecule has 1 saturated carbocycles. The van der Waals surface area contributed by atoms with Crippen LogP contribution in [0.3, 0.4) is 0 Å². The Kier molecular flexibility index (Phi) is 23.3. The fourth-order valence-corrected chi connectivity index (χ4v) is 14.3. The van der Waals surface area contributed by atoms with Gasteiger partial charge in [-0.25, -0.2) is 9.59 Å². The summed E-state index contributed by atoms with van der Waals surface area (Å²) in [5.41, 5.74) is 1.07. The summed E-state index contributed by atoms with van der Waals surface area (Å²) in [5.74, 6) is -8.82. The molecule has 1 aliphatic carbocycles. The summed E-state index contributed by atoms with van der Waals surface area (Å²) < 4.78 is 51.4. The lowest BCUT2D eigenvalue weighted by Gasteiger charge is -2.47. The first kappa shape index (κ1) is 67.9. The number of piperidine rings is 1. The Hall–Kier alpha value is -3.94. The van der Waals surface area contributed by atoms with Crippen molar-refractivity contribution >= 4 is 46.2 Å². The Morgan fingerprint density at radius 1 is 0.778 bits per heavy atom. The molecule has 0 radical (unpaired) electrons. The number of allylic oxidation sites excluding steroid dienone is 2. The molecule has 2 saturated heterocycles. The number of esters is 1. The van der Waals surface area contributed by atoms with E-state index in [9.17, 15) is 29.7 Å². The first-order chi connectivity index (χ1) is 37.6. The number of hydrogen-bond acceptors (Lipinski definition) is 17. The number of ether oxygens (including phenoxy) is 6. The molecule has 19 nitrogen and oxygen atoms in total. The quantitative estimate of drug-likeness (QED) is 0.0721. The Balaban J connectivity index is 1.64. The number of fused-ring (bicyclic) bond motifs is 3. The van der Waals surface area contributed by atoms with Crippen LogP contribution in [0.15, 0.2) is 35.4 Å². The first-order valence-electron chi connectivity index (χ1n) is 29.4. The number of aromatic hydroxyl groups is 2. The second-order valence-corrected chi connectivity index (χ2v) is 36.3. The summed E-state index contributed by atoms with van der Waals surface area (Å²) in [6.07, 6.45) is 2.59. The van der Waals surface area contributed by atoms with Crippen molar-refractivity contribution < 1.29 is 81.4 Å². The highest BCUT2D eigenvalue weighted by Gasteiger charge is 2.57. The molecular formula is C60H100N2O17Si2. The summed E-state index contributed by atoms with van der Waals surface area (Å²) in [7, 11) is -0.162. The third-order valence-electron chi connectivity index (χ3n) is 18.5. The van der Waals surface area contributed by atoms with E-state index in [1.807, 2.05) is 33.8 Å². The lowest BCUT2D eigenvalue weighted by molar-refractivity contribution is -0.302. The van der Waals surface area contributed by atoms with Gasteiger partial charge in [-0.1, -0.05) is 81.4 Å². The van der Waals surface area contributed by atoms with Gasteiger partial charge in [0.25, 0.3) is 11.7 Å².